The summed E-state index contributed by atoms with van der Waals surface area (Å²) in [5.41, 5.74) is 0.849. The highest BCUT2D eigenvalue weighted by atomic mass is 32.2. The first-order chi connectivity index (χ1) is 14.6. The lowest BCUT2D eigenvalue weighted by Gasteiger charge is -2.38. The molecule has 3 heterocycles. The van der Waals surface area contributed by atoms with Crippen molar-refractivity contribution in [2.75, 3.05) is 61.4 Å². The molecule has 1 fully saturated rings. The van der Waals surface area contributed by atoms with Crippen molar-refractivity contribution in [3.63, 3.8) is 0 Å². The van der Waals surface area contributed by atoms with Gasteiger partial charge >= 0.3 is 0 Å². The molecule has 6 nitrogen and oxygen atoms in total. The van der Waals surface area contributed by atoms with Crippen molar-refractivity contribution in [2.45, 2.75) is 4.90 Å². The Hall–Kier alpha value is -2.64. The van der Waals surface area contributed by atoms with Gasteiger partial charge in [-0.25, -0.2) is 13.4 Å². The molecule has 0 aliphatic carbocycles. The van der Waals surface area contributed by atoms with Gasteiger partial charge in [0, 0.05) is 57.4 Å². The van der Waals surface area contributed by atoms with Gasteiger partial charge in [-0.05, 0) is 23.6 Å². The van der Waals surface area contributed by atoms with Crippen molar-refractivity contribution in [1.82, 2.24) is 9.88 Å². The molecule has 2 aromatic carbocycles. The van der Waals surface area contributed by atoms with Gasteiger partial charge < -0.3 is 9.80 Å². The van der Waals surface area contributed by atoms with Crippen LogP contribution in [0, 0.1) is 0 Å². The molecule has 0 radical (unpaired) electrons. The van der Waals surface area contributed by atoms with Crippen LogP contribution in [0.25, 0.3) is 10.8 Å². The number of rotatable bonds is 4. The van der Waals surface area contributed by atoms with Crippen LogP contribution in [-0.4, -0.2) is 69.9 Å². The van der Waals surface area contributed by atoms with Crippen LogP contribution in [0.4, 0.5) is 11.5 Å². The first-order valence-corrected chi connectivity index (χ1v) is 12.1. The Morgan fingerprint density at radius 3 is 2.47 bits per heavy atom. The second kappa shape index (κ2) is 7.89. The zero-order valence-corrected chi connectivity index (χ0v) is 17.8. The standard InChI is InChI=1S/C23H26N4O2S/c28-30(29)18-17-26(21-7-3-4-8-22(21)30)14-11-25-12-15-27(16-13-25)23-20-6-2-1-5-19(20)9-10-24-23/h1-10H,11-18H2. The normalized spacial score (nSPS) is 19.1. The van der Waals surface area contributed by atoms with Gasteiger partial charge in [-0.3, -0.25) is 4.90 Å². The minimum atomic E-state index is -3.14. The summed E-state index contributed by atoms with van der Waals surface area (Å²) in [5.74, 6) is 1.27. The third kappa shape index (κ3) is 3.63. The van der Waals surface area contributed by atoms with E-state index in [-0.39, 0.29) is 5.75 Å². The first-order valence-electron chi connectivity index (χ1n) is 10.5. The van der Waals surface area contributed by atoms with Crippen LogP contribution in [0.2, 0.25) is 0 Å². The minimum absolute atomic E-state index is 0.199. The molecular weight excluding hydrogens is 396 g/mol. The number of nitrogens with zero attached hydrogens (tertiary/aromatic N) is 4. The summed E-state index contributed by atoms with van der Waals surface area (Å²) >= 11 is 0. The fourth-order valence-corrected chi connectivity index (χ4v) is 5.96. The molecule has 5 rings (SSSR count). The summed E-state index contributed by atoms with van der Waals surface area (Å²) in [7, 11) is -3.14. The molecule has 0 amide bonds. The zero-order valence-electron chi connectivity index (χ0n) is 16.9. The highest BCUT2D eigenvalue weighted by Gasteiger charge is 2.28. The van der Waals surface area contributed by atoms with Gasteiger partial charge in [0.05, 0.1) is 16.3 Å². The molecule has 7 heteroatoms. The van der Waals surface area contributed by atoms with E-state index in [4.69, 9.17) is 0 Å². The number of hydrogen-bond acceptors (Lipinski definition) is 6. The van der Waals surface area contributed by atoms with Gasteiger partial charge in [-0.2, -0.15) is 0 Å². The second-order valence-corrected chi connectivity index (χ2v) is 10.0. The maximum absolute atomic E-state index is 12.3. The van der Waals surface area contributed by atoms with Crippen molar-refractivity contribution in [2.24, 2.45) is 0 Å². The Labute approximate surface area is 177 Å². The topological polar surface area (TPSA) is 56.8 Å². The van der Waals surface area contributed by atoms with Crippen molar-refractivity contribution in [1.29, 1.82) is 0 Å². The number of para-hydroxylation sites is 1. The van der Waals surface area contributed by atoms with E-state index < -0.39 is 9.84 Å². The fourth-order valence-electron chi connectivity index (χ4n) is 4.48. The Morgan fingerprint density at radius 1 is 0.833 bits per heavy atom. The highest BCUT2D eigenvalue weighted by Crippen LogP contribution is 2.30. The maximum atomic E-state index is 12.3. The third-order valence-corrected chi connectivity index (χ3v) is 7.92. The quantitative estimate of drug-likeness (QED) is 0.644. The van der Waals surface area contributed by atoms with Crippen molar-refractivity contribution in [3.05, 3.63) is 60.8 Å². The maximum Gasteiger partial charge on any atom is 0.182 e. The van der Waals surface area contributed by atoms with Crippen LogP contribution in [0.1, 0.15) is 0 Å². The zero-order chi connectivity index (χ0) is 20.6. The molecule has 30 heavy (non-hydrogen) atoms. The van der Waals surface area contributed by atoms with Gasteiger partial charge in [-0.15, -0.1) is 0 Å². The Bertz CT molecular complexity index is 1150. The number of anilines is 2. The number of pyridine rings is 1. The molecule has 2 aliphatic heterocycles. The first kappa shape index (κ1) is 19.3. The van der Waals surface area contributed by atoms with Crippen LogP contribution < -0.4 is 9.80 Å². The molecule has 0 spiro atoms. The van der Waals surface area contributed by atoms with E-state index in [2.05, 4.69) is 50.0 Å². The van der Waals surface area contributed by atoms with Crippen LogP contribution in [0.15, 0.2) is 65.7 Å². The van der Waals surface area contributed by atoms with Gasteiger partial charge in [0.15, 0.2) is 9.84 Å². The predicted molar refractivity (Wildman–Crippen MR) is 121 cm³/mol. The Balaban J connectivity index is 1.22. The lowest BCUT2D eigenvalue weighted by atomic mass is 10.1. The molecule has 156 valence electrons. The number of fused-ring (bicyclic) bond motifs is 2. The Morgan fingerprint density at radius 2 is 1.60 bits per heavy atom. The van der Waals surface area contributed by atoms with E-state index in [1.807, 2.05) is 18.3 Å². The number of hydrogen-bond donors (Lipinski definition) is 0. The summed E-state index contributed by atoms with van der Waals surface area (Å²) in [5, 5.41) is 2.43. The predicted octanol–water partition coefficient (Wildman–Crippen LogP) is 2.65. The lowest BCUT2D eigenvalue weighted by Crippen LogP contribution is -2.49. The second-order valence-electron chi connectivity index (χ2n) is 7.96. The number of sulfone groups is 1. The molecular formula is C23H26N4O2S. The van der Waals surface area contributed by atoms with Gasteiger partial charge in [0.25, 0.3) is 0 Å². The molecule has 0 atom stereocenters. The number of piperazine rings is 1. The Kier molecular flexibility index (Phi) is 5.08. The largest absolute Gasteiger partial charge is 0.368 e. The number of aromatic nitrogens is 1. The van der Waals surface area contributed by atoms with Crippen molar-refractivity contribution < 1.29 is 8.42 Å². The van der Waals surface area contributed by atoms with E-state index >= 15 is 0 Å². The summed E-state index contributed by atoms with van der Waals surface area (Å²) in [6.45, 7) is 6.22. The monoisotopic (exact) mass is 422 g/mol. The van der Waals surface area contributed by atoms with Gasteiger partial charge in [-0.1, -0.05) is 36.4 Å². The molecule has 1 aromatic heterocycles. The van der Waals surface area contributed by atoms with Crippen molar-refractivity contribution >= 4 is 32.1 Å². The average molecular weight is 423 g/mol. The SMILES string of the molecule is O=S1(=O)CCN(CCN2CCN(c3nccc4ccccc34)CC2)c2ccccc21. The highest BCUT2D eigenvalue weighted by molar-refractivity contribution is 7.91. The lowest BCUT2D eigenvalue weighted by molar-refractivity contribution is 0.262. The molecule has 0 bridgehead atoms. The van der Waals surface area contributed by atoms with E-state index in [0.29, 0.717) is 11.4 Å². The van der Waals surface area contributed by atoms with Crippen LogP contribution in [0.5, 0.6) is 0 Å². The van der Waals surface area contributed by atoms with Crippen molar-refractivity contribution in [3.8, 4) is 0 Å². The molecule has 1 saturated heterocycles. The fraction of sp³-hybridized carbons (Fsp3) is 0.348. The summed E-state index contributed by atoms with van der Waals surface area (Å²) in [4.78, 5) is 12.2. The average Bonchev–Trinajstić information content (AvgIpc) is 2.79. The molecule has 0 saturated carbocycles. The smallest absolute Gasteiger partial charge is 0.182 e. The number of benzene rings is 2. The van der Waals surface area contributed by atoms with E-state index in [1.165, 1.54) is 10.8 Å². The molecule has 0 unspecified atom stereocenters. The van der Waals surface area contributed by atoms with E-state index in [1.54, 1.807) is 12.1 Å². The molecule has 0 N–H and O–H groups in total. The summed E-state index contributed by atoms with van der Waals surface area (Å²) in [6.07, 6.45) is 1.89. The summed E-state index contributed by atoms with van der Waals surface area (Å²) in [6, 6.07) is 17.9. The van der Waals surface area contributed by atoms with E-state index in [9.17, 15) is 8.42 Å². The van der Waals surface area contributed by atoms with Crippen LogP contribution in [-0.2, 0) is 9.84 Å². The van der Waals surface area contributed by atoms with Gasteiger partial charge in [0.1, 0.15) is 5.82 Å². The molecule has 2 aliphatic rings. The van der Waals surface area contributed by atoms with Crippen LogP contribution >= 0.6 is 0 Å². The molecule has 3 aromatic rings. The van der Waals surface area contributed by atoms with Gasteiger partial charge in [0.2, 0.25) is 0 Å². The van der Waals surface area contributed by atoms with Crippen LogP contribution in [0.3, 0.4) is 0 Å². The minimum Gasteiger partial charge on any atom is -0.368 e. The third-order valence-electron chi connectivity index (χ3n) is 6.18. The summed E-state index contributed by atoms with van der Waals surface area (Å²) < 4.78 is 24.7. The van der Waals surface area contributed by atoms with E-state index in [0.717, 1.165) is 50.8 Å².